The lowest BCUT2D eigenvalue weighted by Crippen LogP contribution is -2.29. The van der Waals surface area contributed by atoms with Crippen LogP contribution in [0.25, 0.3) is 10.1 Å². The first-order valence-corrected chi connectivity index (χ1v) is 8.35. The number of amides is 1. The van der Waals surface area contributed by atoms with Crippen molar-refractivity contribution in [2.45, 2.75) is 6.92 Å². The molecule has 116 valence electrons. The van der Waals surface area contributed by atoms with Crippen LogP contribution in [0.5, 0.6) is 0 Å². The molecule has 1 N–H and O–H groups in total. The predicted molar refractivity (Wildman–Crippen MR) is 88.0 cm³/mol. The number of carboxylic acid groups (broad SMARTS) is 1. The van der Waals surface area contributed by atoms with Crippen molar-refractivity contribution in [3.8, 4) is 0 Å². The molecule has 0 saturated carbocycles. The second-order valence-corrected chi connectivity index (χ2v) is 7.38. The predicted octanol–water partition coefficient (Wildman–Crippen LogP) is 4.00. The third kappa shape index (κ3) is 2.57. The Balaban J connectivity index is 1.93. The molecule has 1 amide bonds. The molecular weight excluding hydrogens is 345 g/mol. The van der Waals surface area contributed by atoms with E-state index in [9.17, 15) is 14.7 Å². The maximum absolute atomic E-state index is 12.7. The van der Waals surface area contributed by atoms with E-state index in [0.29, 0.717) is 21.5 Å². The van der Waals surface area contributed by atoms with Crippen molar-refractivity contribution in [2.24, 2.45) is 11.8 Å². The molecule has 1 aromatic carbocycles. The molecule has 0 aliphatic carbocycles. The first-order valence-electron chi connectivity index (χ1n) is 6.78. The van der Waals surface area contributed by atoms with Gasteiger partial charge in [-0.1, -0.05) is 36.2 Å². The minimum Gasteiger partial charge on any atom is -0.481 e. The second kappa shape index (κ2) is 5.72. The Hall–Kier alpha value is -1.30. The van der Waals surface area contributed by atoms with Gasteiger partial charge in [-0.3, -0.25) is 9.59 Å². The van der Waals surface area contributed by atoms with Crippen LogP contribution in [0.3, 0.4) is 0 Å². The van der Waals surface area contributed by atoms with E-state index in [-0.39, 0.29) is 18.4 Å². The number of hydrogen-bond acceptors (Lipinski definition) is 3. The van der Waals surface area contributed by atoms with Gasteiger partial charge in [-0.25, -0.2) is 0 Å². The summed E-state index contributed by atoms with van der Waals surface area (Å²) < 4.78 is 0.850. The van der Waals surface area contributed by atoms with Crippen LogP contribution in [0, 0.1) is 11.8 Å². The Bertz CT molecular complexity index is 773. The number of rotatable bonds is 2. The van der Waals surface area contributed by atoms with Crippen LogP contribution in [0.4, 0.5) is 0 Å². The van der Waals surface area contributed by atoms with Gasteiger partial charge in [-0.05, 0) is 18.1 Å². The van der Waals surface area contributed by atoms with Gasteiger partial charge in [0.05, 0.1) is 10.9 Å². The summed E-state index contributed by atoms with van der Waals surface area (Å²) in [5, 5.41) is 11.0. The van der Waals surface area contributed by atoms with Crippen molar-refractivity contribution < 1.29 is 14.7 Å². The van der Waals surface area contributed by atoms with E-state index in [2.05, 4.69) is 0 Å². The SMILES string of the molecule is C[C@@H]1CN(C(=O)c2sc3cc(Cl)ccc3c2Cl)C[C@H]1C(=O)O. The Morgan fingerprint density at radius 3 is 2.68 bits per heavy atom. The molecule has 0 bridgehead atoms. The number of likely N-dealkylation sites (tertiary alicyclic amines) is 1. The van der Waals surface area contributed by atoms with Gasteiger partial charge in [-0.15, -0.1) is 11.3 Å². The molecule has 7 heteroatoms. The molecule has 1 saturated heterocycles. The van der Waals surface area contributed by atoms with Crippen LogP contribution >= 0.6 is 34.5 Å². The molecule has 0 unspecified atom stereocenters. The number of nitrogens with zero attached hydrogens (tertiary/aromatic N) is 1. The smallest absolute Gasteiger partial charge is 0.308 e. The maximum atomic E-state index is 12.7. The number of benzene rings is 1. The van der Waals surface area contributed by atoms with E-state index in [1.54, 1.807) is 23.1 Å². The lowest BCUT2D eigenvalue weighted by atomic mass is 9.99. The summed E-state index contributed by atoms with van der Waals surface area (Å²) in [7, 11) is 0. The molecule has 2 aromatic rings. The summed E-state index contributed by atoms with van der Waals surface area (Å²) in [6.07, 6.45) is 0. The van der Waals surface area contributed by atoms with Gasteiger partial charge in [0, 0.05) is 28.2 Å². The first kappa shape index (κ1) is 15.6. The van der Waals surface area contributed by atoms with Crippen molar-refractivity contribution in [1.82, 2.24) is 4.90 Å². The fourth-order valence-corrected chi connectivity index (χ4v) is 4.53. The number of fused-ring (bicyclic) bond motifs is 1. The van der Waals surface area contributed by atoms with E-state index in [4.69, 9.17) is 23.2 Å². The summed E-state index contributed by atoms with van der Waals surface area (Å²) in [5.74, 6) is -1.66. The van der Waals surface area contributed by atoms with Gasteiger partial charge in [-0.2, -0.15) is 0 Å². The molecule has 1 aromatic heterocycles. The summed E-state index contributed by atoms with van der Waals surface area (Å²) in [6.45, 7) is 2.50. The van der Waals surface area contributed by atoms with Gasteiger partial charge in [0.2, 0.25) is 0 Å². The minimum absolute atomic E-state index is 0.0657. The van der Waals surface area contributed by atoms with Crippen LogP contribution < -0.4 is 0 Å². The number of hydrogen-bond donors (Lipinski definition) is 1. The van der Waals surface area contributed by atoms with Crippen LogP contribution in [0.2, 0.25) is 10.0 Å². The van der Waals surface area contributed by atoms with Crippen molar-refractivity contribution >= 4 is 56.5 Å². The highest BCUT2D eigenvalue weighted by molar-refractivity contribution is 7.21. The summed E-state index contributed by atoms with van der Waals surface area (Å²) in [4.78, 5) is 25.9. The zero-order valence-electron chi connectivity index (χ0n) is 11.7. The number of aliphatic carboxylic acids is 1. The molecule has 4 nitrogen and oxygen atoms in total. The lowest BCUT2D eigenvalue weighted by molar-refractivity contribution is -0.142. The Labute approximate surface area is 141 Å². The number of carboxylic acids is 1. The van der Waals surface area contributed by atoms with E-state index in [0.717, 1.165) is 10.1 Å². The van der Waals surface area contributed by atoms with E-state index >= 15 is 0 Å². The number of carbonyl (C=O) groups is 2. The molecule has 0 spiro atoms. The molecule has 1 aliphatic heterocycles. The normalized spacial score (nSPS) is 21.5. The van der Waals surface area contributed by atoms with Crippen LogP contribution in [-0.2, 0) is 4.79 Å². The van der Waals surface area contributed by atoms with Crippen LogP contribution in [0.15, 0.2) is 18.2 Å². The molecule has 1 fully saturated rings. The number of thiophene rings is 1. The standard InChI is InChI=1S/C15H13Cl2NO3S/c1-7-5-18(6-10(7)15(20)21)14(19)13-12(17)9-3-2-8(16)4-11(9)22-13/h2-4,7,10H,5-6H2,1H3,(H,20,21)/t7-,10-/m1/s1. The van der Waals surface area contributed by atoms with E-state index in [1.165, 1.54) is 11.3 Å². The van der Waals surface area contributed by atoms with Crippen molar-refractivity contribution in [2.75, 3.05) is 13.1 Å². The summed E-state index contributed by atoms with van der Waals surface area (Å²) in [6, 6.07) is 5.30. The Morgan fingerprint density at radius 2 is 2.05 bits per heavy atom. The zero-order valence-corrected chi connectivity index (χ0v) is 14.0. The molecular formula is C15H13Cl2NO3S. The zero-order chi connectivity index (χ0) is 16.0. The van der Waals surface area contributed by atoms with Gasteiger partial charge in [0.25, 0.3) is 5.91 Å². The van der Waals surface area contributed by atoms with Gasteiger partial charge in [0.15, 0.2) is 0 Å². The highest BCUT2D eigenvalue weighted by Crippen LogP contribution is 2.38. The van der Waals surface area contributed by atoms with Gasteiger partial charge < -0.3 is 10.0 Å². The Kier molecular flexibility index (Phi) is 4.05. The molecule has 2 atom stereocenters. The maximum Gasteiger partial charge on any atom is 0.308 e. The molecule has 22 heavy (non-hydrogen) atoms. The van der Waals surface area contributed by atoms with Crippen molar-refractivity contribution in [3.05, 3.63) is 33.1 Å². The molecule has 3 rings (SSSR count). The monoisotopic (exact) mass is 357 g/mol. The highest BCUT2D eigenvalue weighted by atomic mass is 35.5. The summed E-state index contributed by atoms with van der Waals surface area (Å²) in [5.41, 5.74) is 0. The van der Waals surface area contributed by atoms with Crippen molar-refractivity contribution in [3.63, 3.8) is 0 Å². The molecule has 1 aliphatic rings. The van der Waals surface area contributed by atoms with E-state index in [1.807, 2.05) is 6.92 Å². The van der Waals surface area contributed by atoms with E-state index < -0.39 is 11.9 Å². The quantitative estimate of drug-likeness (QED) is 0.883. The first-order chi connectivity index (χ1) is 10.4. The average molecular weight is 358 g/mol. The number of halogens is 2. The molecule has 2 heterocycles. The largest absolute Gasteiger partial charge is 0.481 e. The Morgan fingerprint density at radius 1 is 1.32 bits per heavy atom. The number of carbonyl (C=O) groups excluding carboxylic acids is 1. The minimum atomic E-state index is -0.864. The van der Waals surface area contributed by atoms with Crippen molar-refractivity contribution in [1.29, 1.82) is 0 Å². The van der Waals surface area contributed by atoms with Gasteiger partial charge in [0.1, 0.15) is 4.88 Å². The third-order valence-electron chi connectivity index (χ3n) is 4.00. The van der Waals surface area contributed by atoms with Crippen LogP contribution in [-0.4, -0.2) is 35.0 Å². The topological polar surface area (TPSA) is 57.6 Å². The van der Waals surface area contributed by atoms with Crippen LogP contribution in [0.1, 0.15) is 16.6 Å². The third-order valence-corrected chi connectivity index (χ3v) is 5.88. The fourth-order valence-electron chi connectivity index (χ4n) is 2.77. The highest BCUT2D eigenvalue weighted by Gasteiger charge is 2.38. The second-order valence-electron chi connectivity index (χ2n) is 5.52. The molecule has 0 radical (unpaired) electrons. The summed E-state index contributed by atoms with van der Waals surface area (Å²) >= 11 is 13.6. The average Bonchev–Trinajstić information content (AvgIpc) is 2.99. The lowest BCUT2D eigenvalue weighted by Gasteiger charge is -2.14. The fraction of sp³-hybridized carbons (Fsp3) is 0.333. The van der Waals surface area contributed by atoms with Gasteiger partial charge >= 0.3 is 5.97 Å².